The number of ether oxygens (including phenoxy) is 1. The standard InChI is InChI=1S/C16H16BrF2NO/c1-3-20-10(2)13-8-11(18)4-7-16(13)21-12-5-6-14(17)15(19)9-12/h4-10,20H,3H2,1-2H3. The minimum absolute atomic E-state index is 0.0685. The molecule has 0 aliphatic carbocycles. The first-order chi connectivity index (χ1) is 10.0. The lowest BCUT2D eigenvalue weighted by Crippen LogP contribution is -2.18. The zero-order valence-corrected chi connectivity index (χ0v) is 13.4. The molecule has 0 bridgehead atoms. The summed E-state index contributed by atoms with van der Waals surface area (Å²) in [7, 11) is 0. The lowest BCUT2D eigenvalue weighted by molar-refractivity contribution is 0.455. The molecule has 0 radical (unpaired) electrons. The number of hydrogen-bond acceptors (Lipinski definition) is 2. The Morgan fingerprint density at radius 2 is 1.95 bits per heavy atom. The topological polar surface area (TPSA) is 21.3 Å². The molecule has 112 valence electrons. The smallest absolute Gasteiger partial charge is 0.141 e. The van der Waals surface area contributed by atoms with E-state index in [1.54, 1.807) is 18.2 Å². The third-order valence-electron chi connectivity index (χ3n) is 3.07. The monoisotopic (exact) mass is 355 g/mol. The Kier molecular flexibility index (Phi) is 5.31. The van der Waals surface area contributed by atoms with Crippen molar-refractivity contribution in [1.82, 2.24) is 5.32 Å². The molecule has 2 aromatic carbocycles. The molecular weight excluding hydrogens is 340 g/mol. The summed E-state index contributed by atoms with van der Waals surface area (Å²) in [5.74, 6) is 0.138. The molecule has 2 aromatic rings. The normalized spacial score (nSPS) is 12.2. The highest BCUT2D eigenvalue weighted by molar-refractivity contribution is 9.10. The van der Waals surface area contributed by atoms with Crippen LogP contribution in [0, 0.1) is 11.6 Å². The summed E-state index contributed by atoms with van der Waals surface area (Å²) in [5, 5.41) is 3.21. The second-order valence-electron chi connectivity index (χ2n) is 4.64. The fourth-order valence-electron chi connectivity index (χ4n) is 2.03. The van der Waals surface area contributed by atoms with Crippen molar-refractivity contribution in [3.8, 4) is 11.5 Å². The molecule has 0 aliphatic rings. The van der Waals surface area contributed by atoms with Crippen LogP contribution >= 0.6 is 15.9 Å². The van der Waals surface area contributed by atoms with E-state index in [0.29, 0.717) is 21.5 Å². The first-order valence-corrected chi connectivity index (χ1v) is 7.46. The van der Waals surface area contributed by atoms with Gasteiger partial charge in [-0.05, 0) is 59.7 Å². The van der Waals surface area contributed by atoms with E-state index in [-0.39, 0.29) is 11.9 Å². The molecule has 0 aliphatic heterocycles. The highest BCUT2D eigenvalue weighted by Gasteiger charge is 2.13. The molecule has 21 heavy (non-hydrogen) atoms. The van der Waals surface area contributed by atoms with Crippen molar-refractivity contribution in [2.24, 2.45) is 0 Å². The van der Waals surface area contributed by atoms with E-state index in [4.69, 9.17) is 4.74 Å². The van der Waals surface area contributed by atoms with Crippen LogP contribution in [0.3, 0.4) is 0 Å². The van der Waals surface area contributed by atoms with Gasteiger partial charge in [0.2, 0.25) is 0 Å². The van der Waals surface area contributed by atoms with Gasteiger partial charge in [0.15, 0.2) is 0 Å². The summed E-state index contributed by atoms with van der Waals surface area (Å²) in [5.41, 5.74) is 0.695. The molecule has 5 heteroatoms. The van der Waals surface area contributed by atoms with Gasteiger partial charge >= 0.3 is 0 Å². The maximum absolute atomic E-state index is 13.5. The van der Waals surface area contributed by atoms with Gasteiger partial charge in [-0.25, -0.2) is 8.78 Å². The molecule has 0 saturated heterocycles. The van der Waals surface area contributed by atoms with Crippen molar-refractivity contribution in [3.63, 3.8) is 0 Å². The van der Waals surface area contributed by atoms with E-state index in [1.807, 2.05) is 13.8 Å². The van der Waals surface area contributed by atoms with Gasteiger partial charge in [-0.2, -0.15) is 0 Å². The van der Waals surface area contributed by atoms with Crippen LogP contribution in [0.4, 0.5) is 8.78 Å². The SMILES string of the molecule is CCNC(C)c1cc(F)ccc1Oc1ccc(Br)c(F)c1. The fourth-order valence-corrected chi connectivity index (χ4v) is 2.28. The quantitative estimate of drug-likeness (QED) is 0.796. The van der Waals surface area contributed by atoms with E-state index in [2.05, 4.69) is 21.2 Å². The average molecular weight is 356 g/mol. The van der Waals surface area contributed by atoms with Gasteiger partial charge in [-0.3, -0.25) is 0 Å². The highest BCUT2D eigenvalue weighted by Crippen LogP contribution is 2.31. The van der Waals surface area contributed by atoms with Gasteiger partial charge in [-0.15, -0.1) is 0 Å². The van der Waals surface area contributed by atoms with Crippen LogP contribution in [0.5, 0.6) is 11.5 Å². The zero-order valence-electron chi connectivity index (χ0n) is 11.8. The van der Waals surface area contributed by atoms with Gasteiger partial charge < -0.3 is 10.1 Å². The Labute approximate surface area is 131 Å². The van der Waals surface area contributed by atoms with Crippen molar-refractivity contribution in [2.75, 3.05) is 6.54 Å². The van der Waals surface area contributed by atoms with Crippen LogP contribution in [0.2, 0.25) is 0 Å². The number of hydrogen-bond donors (Lipinski definition) is 1. The van der Waals surface area contributed by atoms with E-state index < -0.39 is 5.82 Å². The number of benzene rings is 2. The molecule has 2 rings (SSSR count). The summed E-state index contributed by atoms with van der Waals surface area (Å²) < 4.78 is 33.1. The third-order valence-corrected chi connectivity index (χ3v) is 3.71. The fraction of sp³-hybridized carbons (Fsp3) is 0.250. The number of rotatable bonds is 5. The van der Waals surface area contributed by atoms with Crippen LogP contribution in [0.25, 0.3) is 0 Å². The van der Waals surface area contributed by atoms with E-state index in [9.17, 15) is 8.78 Å². The average Bonchev–Trinajstić information content (AvgIpc) is 2.45. The predicted octanol–water partition coefficient (Wildman–Crippen LogP) is 5.19. The maximum atomic E-state index is 13.5. The van der Waals surface area contributed by atoms with Gasteiger partial charge in [-0.1, -0.05) is 6.92 Å². The second kappa shape index (κ2) is 7.00. The molecule has 0 saturated carbocycles. The van der Waals surface area contributed by atoms with Crippen LogP contribution in [-0.4, -0.2) is 6.54 Å². The van der Waals surface area contributed by atoms with Crippen molar-refractivity contribution in [3.05, 3.63) is 58.1 Å². The van der Waals surface area contributed by atoms with Crippen molar-refractivity contribution in [2.45, 2.75) is 19.9 Å². The molecule has 2 nitrogen and oxygen atoms in total. The lowest BCUT2D eigenvalue weighted by Gasteiger charge is -2.17. The molecule has 1 N–H and O–H groups in total. The van der Waals surface area contributed by atoms with Gasteiger partial charge in [0.1, 0.15) is 23.1 Å². The zero-order chi connectivity index (χ0) is 15.4. The third kappa shape index (κ3) is 4.02. The Morgan fingerprint density at radius 3 is 2.62 bits per heavy atom. The first-order valence-electron chi connectivity index (χ1n) is 6.67. The molecule has 0 fully saturated rings. The van der Waals surface area contributed by atoms with E-state index in [1.165, 1.54) is 18.2 Å². The van der Waals surface area contributed by atoms with Crippen LogP contribution < -0.4 is 10.1 Å². The largest absolute Gasteiger partial charge is 0.457 e. The summed E-state index contributed by atoms with van der Waals surface area (Å²) in [6.07, 6.45) is 0. The van der Waals surface area contributed by atoms with Gasteiger partial charge in [0, 0.05) is 17.7 Å². The van der Waals surface area contributed by atoms with Crippen LogP contribution in [-0.2, 0) is 0 Å². The number of halogens is 3. The molecule has 0 amide bonds. The molecule has 0 aromatic heterocycles. The van der Waals surface area contributed by atoms with Gasteiger partial charge in [0.25, 0.3) is 0 Å². The van der Waals surface area contributed by atoms with Crippen molar-refractivity contribution < 1.29 is 13.5 Å². The number of nitrogens with one attached hydrogen (secondary N) is 1. The molecule has 0 spiro atoms. The van der Waals surface area contributed by atoms with Gasteiger partial charge in [0.05, 0.1) is 4.47 Å². The summed E-state index contributed by atoms with van der Waals surface area (Å²) in [6, 6.07) is 8.75. The summed E-state index contributed by atoms with van der Waals surface area (Å²) >= 11 is 3.09. The van der Waals surface area contributed by atoms with Crippen LogP contribution in [0.1, 0.15) is 25.5 Å². The van der Waals surface area contributed by atoms with Crippen LogP contribution in [0.15, 0.2) is 40.9 Å². The molecule has 0 heterocycles. The van der Waals surface area contributed by atoms with E-state index >= 15 is 0 Å². The molecule has 1 atom stereocenters. The summed E-state index contributed by atoms with van der Waals surface area (Å²) in [4.78, 5) is 0. The predicted molar refractivity (Wildman–Crippen MR) is 82.7 cm³/mol. The minimum atomic E-state index is -0.407. The van der Waals surface area contributed by atoms with E-state index in [0.717, 1.165) is 6.54 Å². The van der Waals surface area contributed by atoms with Crippen molar-refractivity contribution in [1.29, 1.82) is 0 Å². The first kappa shape index (κ1) is 15.9. The lowest BCUT2D eigenvalue weighted by atomic mass is 10.1. The Hall–Kier alpha value is -1.46. The Morgan fingerprint density at radius 1 is 1.19 bits per heavy atom. The maximum Gasteiger partial charge on any atom is 0.141 e. The summed E-state index contributed by atoms with van der Waals surface area (Å²) in [6.45, 7) is 4.65. The minimum Gasteiger partial charge on any atom is -0.457 e. The Balaban J connectivity index is 2.32. The van der Waals surface area contributed by atoms with Crippen molar-refractivity contribution >= 4 is 15.9 Å². The molecular formula is C16H16BrF2NO. The second-order valence-corrected chi connectivity index (χ2v) is 5.49. The Bertz CT molecular complexity index is 634. The molecule has 1 unspecified atom stereocenters. The highest BCUT2D eigenvalue weighted by atomic mass is 79.9.